The van der Waals surface area contributed by atoms with Crippen molar-refractivity contribution >= 4 is 0 Å². The van der Waals surface area contributed by atoms with Crippen molar-refractivity contribution in [3.05, 3.63) is 35.9 Å². The van der Waals surface area contributed by atoms with Gasteiger partial charge in [-0.3, -0.25) is 0 Å². The van der Waals surface area contributed by atoms with Crippen LogP contribution in [0.2, 0.25) is 0 Å². The second-order valence-electron chi connectivity index (χ2n) is 5.37. The second kappa shape index (κ2) is 9.99. The van der Waals surface area contributed by atoms with Gasteiger partial charge in [-0.15, -0.1) is 0 Å². The molecule has 1 aromatic carbocycles. The quantitative estimate of drug-likeness (QED) is 0.678. The summed E-state index contributed by atoms with van der Waals surface area (Å²) >= 11 is 0. The molecule has 2 unspecified atom stereocenters. The van der Waals surface area contributed by atoms with Crippen LogP contribution in [0.4, 0.5) is 0 Å². The van der Waals surface area contributed by atoms with Crippen LogP contribution in [-0.4, -0.2) is 24.3 Å². The Morgan fingerprint density at radius 3 is 2.42 bits per heavy atom. The van der Waals surface area contributed by atoms with Crippen molar-refractivity contribution in [1.29, 1.82) is 0 Å². The molecule has 0 aliphatic heterocycles. The first kappa shape index (κ1) is 16.2. The van der Waals surface area contributed by atoms with Gasteiger partial charge in [-0.2, -0.15) is 0 Å². The molecule has 0 aliphatic carbocycles. The Hall–Kier alpha value is -0.860. The highest BCUT2D eigenvalue weighted by Crippen LogP contribution is 2.11. The van der Waals surface area contributed by atoms with Crippen LogP contribution in [0.5, 0.6) is 0 Å². The fourth-order valence-electron chi connectivity index (χ4n) is 2.53. The zero-order valence-corrected chi connectivity index (χ0v) is 12.4. The number of hydrogen-bond donors (Lipinski definition) is 2. The minimum atomic E-state index is 0.307. The highest BCUT2D eigenvalue weighted by atomic mass is 16.3. The van der Waals surface area contributed by atoms with E-state index in [0.29, 0.717) is 18.6 Å². The normalized spacial score (nSPS) is 14.3. The standard InChI is InChI=1S/C17H29NO/c1-3-8-16(11-12-19)14-18-17(4-2)13-15-9-6-5-7-10-15/h5-7,9-10,16-19H,3-4,8,11-14H2,1-2H3. The van der Waals surface area contributed by atoms with Crippen LogP contribution < -0.4 is 5.32 Å². The largest absolute Gasteiger partial charge is 0.396 e. The van der Waals surface area contributed by atoms with Crippen LogP contribution in [0, 0.1) is 5.92 Å². The fourth-order valence-corrected chi connectivity index (χ4v) is 2.53. The van der Waals surface area contributed by atoms with Gasteiger partial charge < -0.3 is 10.4 Å². The lowest BCUT2D eigenvalue weighted by Crippen LogP contribution is -2.35. The Bertz CT molecular complexity index is 306. The SMILES string of the molecule is CCCC(CCO)CNC(CC)Cc1ccccc1. The zero-order valence-electron chi connectivity index (χ0n) is 12.4. The lowest BCUT2D eigenvalue weighted by atomic mass is 9.98. The van der Waals surface area contributed by atoms with Gasteiger partial charge in [-0.05, 0) is 43.7 Å². The van der Waals surface area contributed by atoms with Crippen molar-refractivity contribution in [1.82, 2.24) is 5.32 Å². The van der Waals surface area contributed by atoms with Gasteiger partial charge in [0, 0.05) is 12.6 Å². The first-order valence-corrected chi connectivity index (χ1v) is 7.68. The van der Waals surface area contributed by atoms with E-state index in [1.54, 1.807) is 0 Å². The molecule has 0 bridgehead atoms. The molecular formula is C17H29NO. The lowest BCUT2D eigenvalue weighted by molar-refractivity contribution is 0.244. The molecule has 0 amide bonds. The topological polar surface area (TPSA) is 32.3 Å². The molecule has 0 aromatic heterocycles. The third kappa shape index (κ3) is 6.74. The minimum absolute atomic E-state index is 0.307. The third-order valence-electron chi connectivity index (χ3n) is 3.75. The Morgan fingerprint density at radius 1 is 1.11 bits per heavy atom. The summed E-state index contributed by atoms with van der Waals surface area (Å²) in [7, 11) is 0. The Labute approximate surface area is 118 Å². The molecule has 1 rings (SSSR count). The van der Waals surface area contributed by atoms with Gasteiger partial charge in [-0.25, -0.2) is 0 Å². The van der Waals surface area contributed by atoms with E-state index in [4.69, 9.17) is 5.11 Å². The molecular weight excluding hydrogens is 234 g/mol. The number of aliphatic hydroxyl groups excluding tert-OH is 1. The lowest BCUT2D eigenvalue weighted by Gasteiger charge is -2.22. The van der Waals surface area contributed by atoms with Crippen molar-refractivity contribution in [3.8, 4) is 0 Å². The third-order valence-corrected chi connectivity index (χ3v) is 3.75. The Morgan fingerprint density at radius 2 is 1.84 bits per heavy atom. The molecule has 2 nitrogen and oxygen atoms in total. The first-order chi connectivity index (χ1) is 9.30. The van der Waals surface area contributed by atoms with Gasteiger partial charge in [0.2, 0.25) is 0 Å². The van der Waals surface area contributed by atoms with E-state index in [0.717, 1.165) is 25.8 Å². The van der Waals surface area contributed by atoms with Gasteiger partial charge in [0.1, 0.15) is 0 Å². The Balaban J connectivity index is 2.38. The summed E-state index contributed by atoms with van der Waals surface area (Å²) in [5, 5.41) is 12.8. The molecule has 0 radical (unpaired) electrons. The smallest absolute Gasteiger partial charge is 0.0434 e. The molecule has 0 aliphatic rings. The van der Waals surface area contributed by atoms with E-state index in [1.807, 2.05) is 0 Å². The van der Waals surface area contributed by atoms with E-state index in [9.17, 15) is 0 Å². The zero-order chi connectivity index (χ0) is 13.9. The molecule has 0 fully saturated rings. The predicted molar refractivity (Wildman–Crippen MR) is 82.3 cm³/mol. The average molecular weight is 263 g/mol. The summed E-state index contributed by atoms with van der Waals surface area (Å²) < 4.78 is 0. The highest BCUT2D eigenvalue weighted by molar-refractivity contribution is 5.15. The fraction of sp³-hybridized carbons (Fsp3) is 0.647. The molecule has 0 saturated carbocycles. The maximum atomic E-state index is 9.09. The minimum Gasteiger partial charge on any atom is -0.396 e. The summed E-state index contributed by atoms with van der Waals surface area (Å²) in [6.45, 7) is 5.79. The van der Waals surface area contributed by atoms with Crippen LogP contribution in [0.15, 0.2) is 30.3 Å². The van der Waals surface area contributed by atoms with Crippen molar-refractivity contribution in [3.63, 3.8) is 0 Å². The van der Waals surface area contributed by atoms with Gasteiger partial charge in [0.25, 0.3) is 0 Å². The molecule has 2 N–H and O–H groups in total. The van der Waals surface area contributed by atoms with E-state index in [1.165, 1.54) is 18.4 Å². The number of nitrogens with one attached hydrogen (secondary N) is 1. The van der Waals surface area contributed by atoms with Crippen molar-refractivity contribution in [2.24, 2.45) is 5.92 Å². The molecule has 0 spiro atoms. The van der Waals surface area contributed by atoms with Crippen LogP contribution in [0.3, 0.4) is 0 Å². The van der Waals surface area contributed by atoms with Crippen molar-refractivity contribution in [2.75, 3.05) is 13.2 Å². The van der Waals surface area contributed by atoms with Gasteiger partial charge in [-0.1, -0.05) is 50.6 Å². The van der Waals surface area contributed by atoms with Crippen LogP contribution in [0.25, 0.3) is 0 Å². The van der Waals surface area contributed by atoms with E-state index in [2.05, 4.69) is 49.5 Å². The summed E-state index contributed by atoms with van der Waals surface area (Å²) in [6.07, 6.45) is 5.56. The predicted octanol–water partition coefficient (Wildman–Crippen LogP) is 3.40. The summed E-state index contributed by atoms with van der Waals surface area (Å²) in [6, 6.07) is 11.2. The van der Waals surface area contributed by atoms with Crippen LogP contribution >= 0.6 is 0 Å². The molecule has 0 saturated heterocycles. The van der Waals surface area contributed by atoms with E-state index < -0.39 is 0 Å². The van der Waals surface area contributed by atoms with Gasteiger partial charge in [0.05, 0.1) is 0 Å². The number of aliphatic hydroxyl groups is 1. The van der Waals surface area contributed by atoms with E-state index in [-0.39, 0.29) is 0 Å². The number of rotatable bonds is 10. The van der Waals surface area contributed by atoms with Crippen molar-refractivity contribution in [2.45, 2.75) is 52.0 Å². The van der Waals surface area contributed by atoms with Crippen LogP contribution in [-0.2, 0) is 6.42 Å². The van der Waals surface area contributed by atoms with Gasteiger partial charge in [0.15, 0.2) is 0 Å². The molecule has 0 heterocycles. The summed E-state index contributed by atoms with van der Waals surface area (Å²) in [4.78, 5) is 0. The maximum absolute atomic E-state index is 9.09. The molecule has 1 aromatic rings. The molecule has 19 heavy (non-hydrogen) atoms. The monoisotopic (exact) mass is 263 g/mol. The number of hydrogen-bond acceptors (Lipinski definition) is 2. The molecule has 2 heteroatoms. The molecule has 108 valence electrons. The second-order valence-corrected chi connectivity index (χ2v) is 5.37. The number of benzene rings is 1. The van der Waals surface area contributed by atoms with E-state index >= 15 is 0 Å². The highest BCUT2D eigenvalue weighted by Gasteiger charge is 2.11. The summed E-state index contributed by atoms with van der Waals surface area (Å²) in [5.41, 5.74) is 1.40. The Kier molecular flexibility index (Phi) is 8.52. The maximum Gasteiger partial charge on any atom is 0.0434 e. The van der Waals surface area contributed by atoms with Crippen molar-refractivity contribution < 1.29 is 5.11 Å². The summed E-state index contributed by atoms with van der Waals surface area (Å²) in [5.74, 6) is 0.611. The van der Waals surface area contributed by atoms with Gasteiger partial charge >= 0.3 is 0 Å². The van der Waals surface area contributed by atoms with Crippen LogP contribution in [0.1, 0.15) is 45.1 Å². The average Bonchev–Trinajstić information content (AvgIpc) is 2.44. The molecule has 2 atom stereocenters. The first-order valence-electron chi connectivity index (χ1n) is 7.68.